The van der Waals surface area contributed by atoms with Gasteiger partial charge in [-0.15, -0.1) is 0 Å². The molecule has 0 radical (unpaired) electrons. The van der Waals surface area contributed by atoms with Crippen molar-refractivity contribution in [2.75, 3.05) is 13.7 Å². The third kappa shape index (κ3) is 4.71. The molecular weight excluding hydrogens is 288 g/mol. The molecule has 0 aromatic rings. The molecule has 2 unspecified atom stereocenters. The van der Waals surface area contributed by atoms with E-state index in [0.717, 1.165) is 0 Å². The first kappa shape index (κ1) is 18.5. The Hall–Kier alpha value is -1.59. The predicted octanol–water partition coefficient (Wildman–Crippen LogP) is 2.24. The first-order chi connectivity index (χ1) is 10.1. The third-order valence-electron chi connectivity index (χ3n) is 4.09. The van der Waals surface area contributed by atoms with E-state index in [1.165, 1.54) is 7.11 Å². The van der Waals surface area contributed by atoms with Crippen LogP contribution in [0.5, 0.6) is 0 Å². The monoisotopic (exact) mass is 314 g/mol. The van der Waals surface area contributed by atoms with Gasteiger partial charge in [0, 0.05) is 6.42 Å². The smallest absolute Gasteiger partial charge is 0.312 e. The molecule has 0 amide bonds. The molecule has 1 rings (SSSR count). The Labute approximate surface area is 131 Å². The summed E-state index contributed by atoms with van der Waals surface area (Å²) in [6.45, 7) is 7.35. The van der Waals surface area contributed by atoms with Crippen LogP contribution in [0.1, 0.15) is 53.4 Å². The molecule has 0 spiro atoms. The van der Waals surface area contributed by atoms with Crippen molar-refractivity contribution in [2.24, 2.45) is 11.3 Å². The Morgan fingerprint density at radius 3 is 2.55 bits per heavy atom. The van der Waals surface area contributed by atoms with Gasteiger partial charge in [-0.2, -0.15) is 0 Å². The van der Waals surface area contributed by atoms with E-state index in [0.29, 0.717) is 19.3 Å². The van der Waals surface area contributed by atoms with Crippen LogP contribution in [0.4, 0.5) is 0 Å². The zero-order chi connectivity index (χ0) is 17.0. The molecule has 6 nitrogen and oxygen atoms in total. The van der Waals surface area contributed by atoms with Crippen LogP contribution in [0.15, 0.2) is 0 Å². The number of rotatable bonds is 6. The Morgan fingerprint density at radius 2 is 2.05 bits per heavy atom. The lowest BCUT2D eigenvalue weighted by atomic mass is 9.81. The molecule has 1 aliphatic heterocycles. The van der Waals surface area contributed by atoms with Crippen LogP contribution in [-0.2, 0) is 28.6 Å². The maximum Gasteiger partial charge on any atom is 0.312 e. The van der Waals surface area contributed by atoms with E-state index in [9.17, 15) is 14.4 Å². The first-order valence-corrected chi connectivity index (χ1v) is 7.60. The molecule has 1 heterocycles. The molecule has 2 atom stereocenters. The molecule has 1 fully saturated rings. The van der Waals surface area contributed by atoms with Crippen LogP contribution in [-0.4, -0.2) is 37.2 Å². The van der Waals surface area contributed by atoms with Crippen LogP contribution in [0.3, 0.4) is 0 Å². The lowest BCUT2D eigenvalue weighted by Crippen LogP contribution is -2.44. The summed E-state index contributed by atoms with van der Waals surface area (Å²) in [6.07, 6.45) is 1.47. The molecule has 1 aliphatic rings. The largest absolute Gasteiger partial charge is 0.469 e. The van der Waals surface area contributed by atoms with Crippen LogP contribution >= 0.6 is 0 Å². The van der Waals surface area contributed by atoms with E-state index in [-0.39, 0.29) is 30.9 Å². The second-order valence-electron chi connectivity index (χ2n) is 6.70. The minimum absolute atomic E-state index is 0.0586. The van der Waals surface area contributed by atoms with Gasteiger partial charge in [-0.3, -0.25) is 14.4 Å². The van der Waals surface area contributed by atoms with Crippen molar-refractivity contribution in [3.63, 3.8) is 0 Å². The first-order valence-electron chi connectivity index (χ1n) is 7.60. The van der Waals surface area contributed by atoms with E-state index in [1.807, 2.05) is 6.92 Å². The molecule has 0 aromatic carbocycles. The number of carbonyl (C=O) groups is 3. The molecule has 0 saturated carbocycles. The van der Waals surface area contributed by atoms with Crippen molar-refractivity contribution in [3.05, 3.63) is 0 Å². The van der Waals surface area contributed by atoms with Crippen LogP contribution in [0, 0.1) is 11.3 Å². The molecule has 6 heteroatoms. The fourth-order valence-corrected chi connectivity index (χ4v) is 2.53. The van der Waals surface area contributed by atoms with Gasteiger partial charge in [-0.25, -0.2) is 0 Å². The molecule has 126 valence electrons. The van der Waals surface area contributed by atoms with Crippen molar-refractivity contribution >= 4 is 17.9 Å². The highest BCUT2D eigenvalue weighted by Gasteiger charge is 2.41. The zero-order valence-corrected chi connectivity index (χ0v) is 14.1. The summed E-state index contributed by atoms with van der Waals surface area (Å²) in [7, 11) is 1.34. The summed E-state index contributed by atoms with van der Waals surface area (Å²) in [4.78, 5) is 35.6. The van der Waals surface area contributed by atoms with Crippen molar-refractivity contribution < 1.29 is 28.6 Å². The van der Waals surface area contributed by atoms with E-state index in [4.69, 9.17) is 14.2 Å². The minimum Gasteiger partial charge on any atom is -0.469 e. The zero-order valence-electron chi connectivity index (χ0n) is 14.1. The number of hydrogen-bond acceptors (Lipinski definition) is 6. The van der Waals surface area contributed by atoms with E-state index >= 15 is 0 Å². The van der Waals surface area contributed by atoms with E-state index in [2.05, 4.69) is 0 Å². The highest BCUT2D eigenvalue weighted by Crippen LogP contribution is 2.33. The molecule has 1 saturated heterocycles. The fourth-order valence-electron chi connectivity index (χ4n) is 2.53. The second kappa shape index (κ2) is 7.11. The number of hydrogen-bond donors (Lipinski definition) is 0. The number of cyclic esters (lactones) is 1. The number of ether oxygens (including phenoxy) is 3. The molecule has 22 heavy (non-hydrogen) atoms. The van der Waals surface area contributed by atoms with Gasteiger partial charge >= 0.3 is 17.9 Å². The topological polar surface area (TPSA) is 78.9 Å². The van der Waals surface area contributed by atoms with E-state index in [1.54, 1.807) is 20.8 Å². The lowest BCUT2D eigenvalue weighted by molar-refractivity contribution is -0.183. The van der Waals surface area contributed by atoms with Crippen LogP contribution in [0.2, 0.25) is 0 Å². The van der Waals surface area contributed by atoms with Gasteiger partial charge < -0.3 is 14.2 Å². The SMILES string of the molecule is CCC(CC(C)(C)C(=O)OC1(C)CCOC(=O)C1)C(=O)OC. The maximum atomic E-state index is 12.5. The van der Waals surface area contributed by atoms with Crippen LogP contribution in [0.25, 0.3) is 0 Å². The second-order valence-corrected chi connectivity index (χ2v) is 6.70. The highest BCUT2D eigenvalue weighted by molar-refractivity contribution is 5.79. The Balaban J connectivity index is 2.73. The molecule has 0 aliphatic carbocycles. The maximum absolute atomic E-state index is 12.5. The predicted molar refractivity (Wildman–Crippen MR) is 78.9 cm³/mol. The average molecular weight is 314 g/mol. The van der Waals surface area contributed by atoms with Gasteiger partial charge in [0.05, 0.1) is 31.5 Å². The summed E-state index contributed by atoms with van der Waals surface area (Å²) in [6, 6.07) is 0. The van der Waals surface area contributed by atoms with Gasteiger partial charge in [-0.1, -0.05) is 6.92 Å². The van der Waals surface area contributed by atoms with Gasteiger partial charge in [0.1, 0.15) is 5.60 Å². The lowest BCUT2D eigenvalue weighted by Gasteiger charge is -2.36. The third-order valence-corrected chi connectivity index (χ3v) is 4.09. The van der Waals surface area contributed by atoms with Crippen molar-refractivity contribution in [3.8, 4) is 0 Å². The van der Waals surface area contributed by atoms with Gasteiger partial charge in [-0.05, 0) is 33.6 Å². The fraction of sp³-hybridized carbons (Fsp3) is 0.812. The summed E-state index contributed by atoms with van der Waals surface area (Å²) < 4.78 is 15.2. The summed E-state index contributed by atoms with van der Waals surface area (Å²) in [5.74, 6) is -1.44. The standard InChI is InChI=1S/C16H26O6/c1-6-11(13(18)20-5)9-15(2,3)14(19)22-16(4)7-8-21-12(17)10-16/h11H,6-10H2,1-5H3. The quantitative estimate of drug-likeness (QED) is 0.552. The normalized spacial score (nSPS) is 23.4. The minimum atomic E-state index is -0.837. The Bertz CT molecular complexity index is 442. The van der Waals surface area contributed by atoms with Crippen molar-refractivity contribution in [1.82, 2.24) is 0 Å². The number of carbonyl (C=O) groups excluding carboxylic acids is 3. The van der Waals surface area contributed by atoms with Crippen molar-refractivity contribution in [2.45, 2.75) is 59.0 Å². The number of methoxy groups -OCH3 is 1. The van der Waals surface area contributed by atoms with Crippen LogP contribution < -0.4 is 0 Å². The van der Waals surface area contributed by atoms with Gasteiger partial charge in [0.25, 0.3) is 0 Å². The van der Waals surface area contributed by atoms with Gasteiger partial charge in [0.2, 0.25) is 0 Å². The molecule has 0 bridgehead atoms. The van der Waals surface area contributed by atoms with Crippen molar-refractivity contribution in [1.29, 1.82) is 0 Å². The Kier molecular flexibility index (Phi) is 5.97. The molecule has 0 aromatic heterocycles. The van der Waals surface area contributed by atoms with Gasteiger partial charge in [0.15, 0.2) is 0 Å². The highest BCUT2D eigenvalue weighted by atomic mass is 16.6. The molecule has 0 N–H and O–H groups in total. The Morgan fingerprint density at radius 1 is 1.41 bits per heavy atom. The average Bonchev–Trinajstić information content (AvgIpc) is 2.43. The number of esters is 3. The summed E-state index contributed by atoms with van der Waals surface area (Å²) in [5.41, 5.74) is -1.67. The summed E-state index contributed by atoms with van der Waals surface area (Å²) in [5, 5.41) is 0. The molecular formula is C16H26O6. The van der Waals surface area contributed by atoms with E-state index < -0.39 is 17.0 Å². The summed E-state index contributed by atoms with van der Waals surface area (Å²) >= 11 is 0.